The second kappa shape index (κ2) is 9.94. The quantitative estimate of drug-likeness (QED) is 0.313. The van der Waals surface area contributed by atoms with Crippen LogP contribution in [0.3, 0.4) is 0 Å². The molecular formula is C28H29NO4S. The van der Waals surface area contributed by atoms with Gasteiger partial charge >= 0.3 is 5.97 Å². The molecule has 0 aromatic heterocycles. The molecule has 1 saturated heterocycles. The molecule has 1 aliphatic rings. The fraction of sp³-hybridized carbons (Fsp3) is 0.286. The molecule has 0 bridgehead atoms. The van der Waals surface area contributed by atoms with E-state index >= 15 is 0 Å². The normalized spacial score (nSPS) is 20.6. The van der Waals surface area contributed by atoms with E-state index in [1.165, 1.54) is 18.9 Å². The van der Waals surface area contributed by atoms with Crippen LogP contribution in [0.15, 0.2) is 84.9 Å². The van der Waals surface area contributed by atoms with Gasteiger partial charge in [-0.15, -0.1) is 11.8 Å². The molecule has 3 aromatic rings. The maximum atomic E-state index is 14.3. The van der Waals surface area contributed by atoms with Crippen LogP contribution >= 0.6 is 11.8 Å². The summed E-state index contributed by atoms with van der Waals surface area (Å²) in [5.74, 6) is -0.571. The van der Waals surface area contributed by atoms with Crippen molar-refractivity contribution in [2.45, 2.75) is 35.8 Å². The van der Waals surface area contributed by atoms with Gasteiger partial charge in [0.15, 0.2) is 0 Å². The van der Waals surface area contributed by atoms with Crippen LogP contribution in [0.25, 0.3) is 0 Å². The van der Waals surface area contributed by atoms with Crippen molar-refractivity contribution in [3.05, 3.63) is 96.1 Å². The zero-order chi connectivity index (χ0) is 24.3. The monoisotopic (exact) mass is 475 g/mol. The Labute approximate surface area is 205 Å². The van der Waals surface area contributed by atoms with E-state index in [9.17, 15) is 9.59 Å². The van der Waals surface area contributed by atoms with Crippen LogP contribution in [0, 0.1) is 0 Å². The smallest absolute Gasteiger partial charge is 0.315 e. The van der Waals surface area contributed by atoms with E-state index in [1.807, 2.05) is 84.9 Å². The summed E-state index contributed by atoms with van der Waals surface area (Å²) in [7, 11) is 3.00. The third kappa shape index (κ3) is 4.07. The van der Waals surface area contributed by atoms with Crippen molar-refractivity contribution in [1.29, 1.82) is 0 Å². The van der Waals surface area contributed by atoms with Gasteiger partial charge in [-0.25, -0.2) is 0 Å². The van der Waals surface area contributed by atoms with E-state index < -0.39 is 16.6 Å². The largest absolute Gasteiger partial charge is 0.497 e. The van der Waals surface area contributed by atoms with E-state index in [2.05, 4.69) is 13.8 Å². The second-order valence-electron chi connectivity index (χ2n) is 8.51. The molecule has 4 rings (SSSR count). The van der Waals surface area contributed by atoms with Crippen LogP contribution in [-0.2, 0) is 14.3 Å². The molecule has 1 fully saturated rings. The summed E-state index contributed by atoms with van der Waals surface area (Å²) in [5.41, 5.74) is 2.50. The summed E-state index contributed by atoms with van der Waals surface area (Å²) in [6.07, 6.45) is 0. The number of amides is 1. The molecule has 3 unspecified atom stereocenters. The first-order valence-electron chi connectivity index (χ1n) is 11.3. The minimum absolute atomic E-state index is 0.101. The van der Waals surface area contributed by atoms with Crippen LogP contribution in [0.1, 0.15) is 36.9 Å². The van der Waals surface area contributed by atoms with Gasteiger partial charge in [-0.2, -0.15) is 0 Å². The maximum absolute atomic E-state index is 14.3. The summed E-state index contributed by atoms with van der Waals surface area (Å²) >= 11 is 1.54. The van der Waals surface area contributed by atoms with Gasteiger partial charge in [0, 0.05) is 10.9 Å². The lowest BCUT2D eigenvalue weighted by molar-refractivity contribution is -0.147. The van der Waals surface area contributed by atoms with Gasteiger partial charge in [-0.1, -0.05) is 74.5 Å². The number of methoxy groups -OCH3 is 2. The number of ether oxygens (including phenoxy) is 2. The van der Waals surface area contributed by atoms with Gasteiger partial charge in [0.1, 0.15) is 16.4 Å². The lowest BCUT2D eigenvalue weighted by Gasteiger charge is -2.58. The van der Waals surface area contributed by atoms with Gasteiger partial charge in [0.2, 0.25) is 5.91 Å². The molecule has 176 valence electrons. The van der Waals surface area contributed by atoms with E-state index in [1.54, 1.807) is 12.0 Å². The number of carbonyl (C=O) groups excluding carboxylic acids is 2. The van der Waals surface area contributed by atoms with E-state index in [-0.39, 0.29) is 17.2 Å². The molecule has 0 radical (unpaired) electrons. The van der Waals surface area contributed by atoms with E-state index in [4.69, 9.17) is 9.47 Å². The van der Waals surface area contributed by atoms with Crippen LogP contribution in [-0.4, -0.2) is 36.1 Å². The molecule has 0 saturated carbocycles. The minimum atomic E-state index is -1.07. The number of anilines is 1. The van der Waals surface area contributed by atoms with Crippen molar-refractivity contribution in [2.75, 3.05) is 19.1 Å². The first-order valence-corrected chi connectivity index (χ1v) is 12.1. The van der Waals surface area contributed by atoms with Crippen molar-refractivity contribution in [1.82, 2.24) is 0 Å². The van der Waals surface area contributed by atoms with Crippen LogP contribution in [0.2, 0.25) is 0 Å². The first kappa shape index (κ1) is 23.9. The summed E-state index contributed by atoms with van der Waals surface area (Å²) in [6, 6.07) is 26.5. The van der Waals surface area contributed by atoms with Crippen LogP contribution in [0.5, 0.6) is 5.75 Å². The Balaban J connectivity index is 1.93. The molecule has 0 spiro atoms. The SMILES string of the molecule is COC(=O)C(c1ccccc1)C1(SC(C)C)C(=O)N(c2ccc(OC)cc2)C1c1ccccc1. The molecule has 3 atom stereocenters. The Morgan fingerprint density at radius 2 is 1.50 bits per heavy atom. The van der Waals surface area contributed by atoms with Crippen molar-refractivity contribution in [2.24, 2.45) is 0 Å². The lowest BCUT2D eigenvalue weighted by Crippen LogP contribution is -2.71. The van der Waals surface area contributed by atoms with Crippen molar-refractivity contribution in [3.63, 3.8) is 0 Å². The van der Waals surface area contributed by atoms with Gasteiger partial charge in [0.05, 0.1) is 20.3 Å². The Hall–Kier alpha value is -3.25. The molecule has 0 aliphatic carbocycles. The topological polar surface area (TPSA) is 55.8 Å². The molecule has 1 amide bonds. The fourth-order valence-corrected chi connectivity index (χ4v) is 6.48. The van der Waals surface area contributed by atoms with Crippen molar-refractivity contribution in [3.8, 4) is 5.75 Å². The number of hydrogen-bond acceptors (Lipinski definition) is 5. The number of rotatable bonds is 8. The van der Waals surface area contributed by atoms with Crippen molar-refractivity contribution >= 4 is 29.3 Å². The number of nitrogens with zero attached hydrogens (tertiary/aromatic N) is 1. The molecule has 6 heteroatoms. The van der Waals surface area contributed by atoms with Gasteiger partial charge < -0.3 is 14.4 Å². The standard InChI is InChI=1S/C28H29NO4S/c1-19(2)34-28(24(26(30)33-4)20-11-7-5-8-12-20)25(21-13-9-6-10-14-21)29(27(28)31)22-15-17-23(32-3)18-16-22/h5-19,24-25H,1-4H3. The van der Waals surface area contributed by atoms with Crippen molar-refractivity contribution < 1.29 is 19.1 Å². The number of hydrogen-bond donors (Lipinski definition) is 0. The fourth-order valence-electron chi connectivity index (χ4n) is 4.77. The lowest BCUT2D eigenvalue weighted by atomic mass is 9.70. The molecule has 3 aromatic carbocycles. The average molecular weight is 476 g/mol. The zero-order valence-corrected chi connectivity index (χ0v) is 20.6. The molecule has 34 heavy (non-hydrogen) atoms. The molecule has 1 aliphatic heterocycles. The second-order valence-corrected chi connectivity index (χ2v) is 10.4. The summed E-state index contributed by atoms with van der Waals surface area (Å²) < 4.78 is 9.53. The van der Waals surface area contributed by atoms with Gasteiger partial charge in [-0.05, 0) is 35.4 Å². The third-order valence-electron chi connectivity index (χ3n) is 6.11. The Kier molecular flexibility index (Phi) is 6.98. The highest BCUT2D eigenvalue weighted by molar-refractivity contribution is 8.02. The average Bonchev–Trinajstić information content (AvgIpc) is 2.87. The predicted octanol–water partition coefficient (Wildman–Crippen LogP) is 5.62. The number of thioether (sulfide) groups is 1. The molecular weight excluding hydrogens is 446 g/mol. The first-order chi connectivity index (χ1) is 16.4. The van der Waals surface area contributed by atoms with Gasteiger partial charge in [-0.3, -0.25) is 9.59 Å². The predicted molar refractivity (Wildman–Crippen MR) is 136 cm³/mol. The molecule has 1 heterocycles. The van der Waals surface area contributed by atoms with Gasteiger partial charge in [0.25, 0.3) is 0 Å². The maximum Gasteiger partial charge on any atom is 0.315 e. The molecule has 0 N–H and O–H groups in total. The number of β-lactam (4-membered cyclic amide) rings is 1. The summed E-state index contributed by atoms with van der Waals surface area (Å²) in [6.45, 7) is 4.11. The van der Waals surface area contributed by atoms with E-state index in [0.29, 0.717) is 5.75 Å². The molecule has 5 nitrogen and oxygen atoms in total. The Morgan fingerprint density at radius 3 is 2.03 bits per heavy atom. The highest BCUT2D eigenvalue weighted by Crippen LogP contribution is 2.61. The highest BCUT2D eigenvalue weighted by Gasteiger charge is 2.68. The summed E-state index contributed by atoms with van der Waals surface area (Å²) in [4.78, 5) is 29.4. The Morgan fingerprint density at radius 1 is 0.912 bits per heavy atom. The highest BCUT2D eigenvalue weighted by atomic mass is 32.2. The summed E-state index contributed by atoms with van der Waals surface area (Å²) in [5, 5.41) is 0.101. The van der Waals surface area contributed by atoms with Crippen LogP contribution < -0.4 is 9.64 Å². The minimum Gasteiger partial charge on any atom is -0.497 e. The number of esters is 1. The third-order valence-corrected chi connectivity index (χ3v) is 7.61. The zero-order valence-electron chi connectivity index (χ0n) is 19.8. The van der Waals surface area contributed by atoms with Crippen LogP contribution in [0.4, 0.5) is 5.69 Å². The number of carbonyl (C=O) groups is 2. The number of benzene rings is 3. The Bertz CT molecular complexity index is 1130. The van der Waals surface area contributed by atoms with E-state index in [0.717, 1.165) is 16.8 Å².